The third kappa shape index (κ3) is 6.64. The number of ether oxygens (including phenoxy) is 2. The molecular weight excluding hydrogens is 294 g/mol. The summed E-state index contributed by atoms with van der Waals surface area (Å²) in [6, 6.07) is 3.20. The summed E-state index contributed by atoms with van der Waals surface area (Å²) in [5.41, 5.74) is 6.30. The molecule has 0 fully saturated rings. The average molecular weight is 316 g/mol. The largest absolute Gasteiger partial charge is 0.481 e. The van der Waals surface area contributed by atoms with Crippen LogP contribution in [0.5, 0.6) is 5.88 Å². The maximum Gasteiger partial charge on any atom is 0.407 e. The molecule has 6 nitrogen and oxygen atoms in total. The summed E-state index contributed by atoms with van der Waals surface area (Å²) in [7, 11) is 1.52. The number of amides is 1. The molecule has 1 atom stereocenters. The molecule has 0 aliphatic heterocycles. The van der Waals surface area contributed by atoms with Gasteiger partial charge in [-0.1, -0.05) is 17.7 Å². The van der Waals surface area contributed by atoms with Crippen LogP contribution in [0.1, 0.15) is 26.3 Å². The lowest BCUT2D eigenvalue weighted by Gasteiger charge is -2.21. The van der Waals surface area contributed by atoms with E-state index in [2.05, 4.69) is 10.3 Å². The predicted molar refractivity (Wildman–Crippen MR) is 81.7 cm³/mol. The maximum absolute atomic E-state index is 11.5. The van der Waals surface area contributed by atoms with Crippen molar-refractivity contribution in [2.24, 2.45) is 5.73 Å². The molecule has 0 saturated heterocycles. The van der Waals surface area contributed by atoms with Crippen molar-refractivity contribution in [3.8, 4) is 5.88 Å². The molecule has 0 aliphatic rings. The minimum Gasteiger partial charge on any atom is -0.481 e. The summed E-state index contributed by atoms with van der Waals surface area (Å²) >= 11 is 5.80. The van der Waals surface area contributed by atoms with E-state index in [0.29, 0.717) is 24.0 Å². The second-order valence-corrected chi connectivity index (χ2v) is 6.04. The van der Waals surface area contributed by atoms with Crippen molar-refractivity contribution < 1.29 is 14.3 Å². The van der Waals surface area contributed by atoms with Crippen LogP contribution in [0, 0.1) is 0 Å². The number of halogens is 1. The van der Waals surface area contributed by atoms with Crippen LogP contribution in [0.2, 0.25) is 5.15 Å². The van der Waals surface area contributed by atoms with E-state index in [9.17, 15) is 4.79 Å². The molecule has 1 rings (SSSR count). The Bertz CT molecular complexity index is 489. The van der Waals surface area contributed by atoms with E-state index in [1.807, 2.05) is 6.07 Å². The normalized spacial score (nSPS) is 12.7. The fourth-order valence-corrected chi connectivity index (χ4v) is 1.80. The Balaban J connectivity index is 2.51. The van der Waals surface area contributed by atoms with Crippen molar-refractivity contribution in [2.75, 3.05) is 13.7 Å². The molecule has 1 amide bonds. The molecule has 1 aromatic heterocycles. The molecule has 118 valence electrons. The highest BCUT2D eigenvalue weighted by Gasteiger charge is 2.17. The van der Waals surface area contributed by atoms with Gasteiger partial charge in [-0.05, 0) is 33.3 Å². The fraction of sp³-hybridized carbons (Fsp3) is 0.571. The number of nitrogens with one attached hydrogen (secondary N) is 1. The van der Waals surface area contributed by atoms with E-state index in [1.165, 1.54) is 7.11 Å². The van der Waals surface area contributed by atoms with Gasteiger partial charge in [0.15, 0.2) is 0 Å². The first-order valence-corrected chi connectivity index (χ1v) is 7.01. The van der Waals surface area contributed by atoms with Gasteiger partial charge in [0.05, 0.1) is 7.11 Å². The Kier molecular flexibility index (Phi) is 6.23. The molecule has 1 heterocycles. The van der Waals surface area contributed by atoms with E-state index in [4.69, 9.17) is 26.8 Å². The first kappa shape index (κ1) is 17.5. The van der Waals surface area contributed by atoms with Gasteiger partial charge in [0, 0.05) is 18.2 Å². The summed E-state index contributed by atoms with van der Waals surface area (Å²) in [6.45, 7) is 5.70. The van der Waals surface area contributed by atoms with Crippen molar-refractivity contribution in [2.45, 2.75) is 38.8 Å². The molecule has 0 aliphatic carbocycles. The highest BCUT2D eigenvalue weighted by Crippen LogP contribution is 2.19. The minimum absolute atomic E-state index is 0.283. The van der Waals surface area contributed by atoms with Gasteiger partial charge in [-0.2, -0.15) is 0 Å². The van der Waals surface area contributed by atoms with Crippen molar-refractivity contribution in [3.05, 3.63) is 22.8 Å². The molecule has 0 aromatic carbocycles. The number of methoxy groups -OCH3 is 1. The van der Waals surface area contributed by atoms with Gasteiger partial charge in [0.25, 0.3) is 0 Å². The monoisotopic (exact) mass is 315 g/mol. The highest BCUT2D eigenvalue weighted by molar-refractivity contribution is 6.29. The number of nitrogens with zero attached hydrogens (tertiary/aromatic N) is 1. The Morgan fingerprint density at radius 1 is 1.48 bits per heavy atom. The number of hydrogen-bond acceptors (Lipinski definition) is 5. The first-order chi connectivity index (χ1) is 9.71. The number of carbonyl (C=O) groups is 1. The molecule has 0 saturated carbocycles. The molecule has 1 unspecified atom stereocenters. The Hall–Kier alpha value is -1.53. The van der Waals surface area contributed by atoms with Gasteiger partial charge in [0.2, 0.25) is 5.88 Å². The van der Waals surface area contributed by atoms with Gasteiger partial charge in [-0.3, -0.25) is 0 Å². The lowest BCUT2D eigenvalue weighted by atomic mass is 10.1. The Labute approximate surface area is 130 Å². The van der Waals surface area contributed by atoms with Gasteiger partial charge in [-0.15, -0.1) is 0 Å². The van der Waals surface area contributed by atoms with Gasteiger partial charge >= 0.3 is 6.09 Å². The smallest absolute Gasteiger partial charge is 0.407 e. The summed E-state index contributed by atoms with van der Waals surface area (Å²) in [6.07, 6.45) is 0.0162. The summed E-state index contributed by atoms with van der Waals surface area (Å²) in [5, 5.41) is 2.99. The number of pyridine rings is 1. The van der Waals surface area contributed by atoms with Crippen LogP contribution in [-0.4, -0.2) is 36.4 Å². The third-order valence-electron chi connectivity index (χ3n) is 2.49. The predicted octanol–water partition coefficient (Wildman–Crippen LogP) is 2.14. The minimum atomic E-state index is -0.530. The number of nitrogens with two attached hydrogens (primary N) is 1. The summed E-state index contributed by atoms with van der Waals surface area (Å²) in [4.78, 5) is 15.6. The Morgan fingerprint density at radius 3 is 2.71 bits per heavy atom. The molecule has 7 heteroatoms. The number of aromatic nitrogens is 1. The molecule has 1 aromatic rings. The second-order valence-electron chi connectivity index (χ2n) is 5.65. The van der Waals surface area contributed by atoms with Crippen LogP contribution >= 0.6 is 11.6 Å². The van der Waals surface area contributed by atoms with Crippen LogP contribution in [0.25, 0.3) is 0 Å². The van der Waals surface area contributed by atoms with Crippen molar-refractivity contribution in [1.29, 1.82) is 0 Å². The van der Waals surface area contributed by atoms with Crippen LogP contribution in [0.3, 0.4) is 0 Å². The maximum atomic E-state index is 11.5. The number of carbonyl (C=O) groups excluding carboxylic acids is 1. The summed E-state index contributed by atoms with van der Waals surface area (Å²) in [5.74, 6) is 0.440. The zero-order valence-electron chi connectivity index (χ0n) is 12.8. The van der Waals surface area contributed by atoms with Crippen molar-refractivity contribution in [3.63, 3.8) is 0 Å². The van der Waals surface area contributed by atoms with Gasteiger partial charge < -0.3 is 20.5 Å². The molecule has 21 heavy (non-hydrogen) atoms. The highest BCUT2D eigenvalue weighted by atomic mass is 35.5. The second kappa shape index (κ2) is 7.47. The van der Waals surface area contributed by atoms with Crippen LogP contribution in [0.4, 0.5) is 4.79 Å². The SMILES string of the molecule is COc1nc(Cl)ccc1CC(N)CNC(=O)OC(C)(C)C. The molecule has 0 bridgehead atoms. The number of rotatable bonds is 5. The lowest BCUT2D eigenvalue weighted by molar-refractivity contribution is 0.0524. The van der Waals surface area contributed by atoms with E-state index < -0.39 is 11.7 Å². The zero-order chi connectivity index (χ0) is 16.0. The Morgan fingerprint density at radius 2 is 2.14 bits per heavy atom. The van der Waals surface area contributed by atoms with Crippen LogP contribution in [0.15, 0.2) is 12.1 Å². The van der Waals surface area contributed by atoms with Crippen molar-refractivity contribution in [1.82, 2.24) is 10.3 Å². The van der Waals surface area contributed by atoms with E-state index >= 15 is 0 Å². The molecule has 3 N–H and O–H groups in total. The van der Waals surface area contributed by atoms with Crippen molar-refractivity contribution >= 4 is 17.7 Å². The molecule has 0 radical (unpaired) electrons. The zero-order valence-corrected chi connectivity index (χ0v) is 13.5. The summed E-state index contributed by atoms with van der Waals surface area (Å²) < 4.78 is 10.3. The topological polar surface area (TPSA) is 86.5 Å². The lowest BCUT2D eigenvalue weighted by Crippen LogP contribution is -2.41. The fourth-order valence-electron chi connectivity index (χ4n) is 1.66. The standard InChI is InChI=1S/C14H22ClN3O3/c1-14(2,3)21-13(19)17-8-10(16)7-9-5-6-11(15)18-12(9)20-4/h5-6,10H,7-8,16H2,1-4H3,(H,17,19). The molecular formula is C14H22ClN3O3. The van der Waals surface area contributed by atoms with Gasteiger partial charge in [-0.25, -0.2) is 9.78 Å². The average Bonchev–Trinajstić information content (AvgIpc) is 2.36. The number of hydrogen-bond donors (Lipinski definition) is 2. The van der Waals surface area contributed by atoms with E-state index in [-0.39, 0.29) is 6.04 Å². The van der Waals surface area contributed by atoms with E-state index in [0.717, 1.165) is 5.56 Å². The van der Waals surface area contributed by atoms with Crippen LogP contribution in [-0.2, 0) is 11.2 Å². The quantitative estimate of drug-likeness (QED) is 0.813. The van der Waals surface area contributed by atoms with E-state index in [1.54, 1.807) is 26.8 Å². The number of alkyl carbamates (subject to hydrolysis) is 1. The van der Waals surface area contributed by atoms with Gasteiger partial charge in [0.1, 0.15) is 10.8 Å². The first-order valence-electron chi connectivity index (χ1n) is 6.63. The third-order valence-corrected chi connectivity index (χ3v) is 2.70. The van der Waals surface area contributed by atoms with Crippen LogP contribution < -0.4 is 15.8 Å². The molecule has 0 spiro atoms.